The molecule has 0 fully saturated rings. The van der Waals surface area contributed by atoms with Gasteiger partial charge < -0.3 is 24.5 Å². The van der Waals surface area contributed by atoms with Crippen LogP contribution in [0.2, 0.25) is 0 Å². The zero-order valence-electron chi connectivity index (χ0n) is 17.4. The summed E-state index contributed by atoms with van der Waals surface area (Å²) in [7, 11) is 0. The summed E-state index contributed by atoms with van der Waals surface area (Å²) in [5.74, 6) is -0.554. The van der Waals surface area contributed by atoms with Crippen LogP contribution in [0.5, 0.6) is 5.75 Å². The van der Waals surface area contributed by atoms with E-state index in [1.54, 1.807) is 42.5 Å². The zero-order chi connectivity index (χ0) is 22.7. The molecule has 0 bridgehead atoms. The van der Waals surface area contributed by atoms with Gasteiger partial charge in [-0.05, 0) is 66.6 Å². The van der Waals surface area contributed by atoms with Gasteiger partial charge in [-0.25, -0.2) is 9.59 Å². The Hall–Kier alpha value is -3.42. The molecule has 2 atom stereocenters. The number of aliphatic hydroxyl groups excluding tert-OH is 2. The number of carboxylic acid groups (broad SMARTS) is 1. The van der Waals surface area contributed by atoms with Crippen molar-refractivity contribution in [3.8, 4) is 5.75 Å². The molecule has 166 valence electrons. The summed E-state index contributed by atoms with van der Waals surface area (Å²) < 4.78 is 11.1. The van der Waals surface area contributed by atoms with Gasteiger partial charge in [0.1, 0.15) is 30.1 Å². The van der Waals surface area contributed by atoms with E-state index in [1.165, 1.54) is 6.08 Å². The molecular weight excluding hydrogens is 412 g/mol. The Morgan fingerprint density at radius 3 is 2.50 bits per heavy atom. The second-order valence-corrected chi connectivity index (χ2v) is 7.84. The molecule has 4 rings (SSSR count). The van der Waals surface area contributed by atoms with Crippen LogP contribution in [0.25, 0.3) is 17.0 Å². The first kappa shape index (κ1) is 21.8. The summed E-state index contributed by atoms with van der Waals surface area (Å²) in [6.07, 6.45) is 3.34. The van der Waals surface area contributed by atoms with E-state index in [4.69, 9.17) is 14.3 Å². The average Bonchev–Trinajstić information content (AvgIpc) is 2.81. The lowest BCUT2D eigenvalue weighted by Crippen LogP contribution is -2.26. The van der Waals surface area contributed by atoms with Crippen LogP contribution in [0.3, 0.4) is 0 Å². The Morgan fingerprint density at radius 2 is 1.78 bits per heavy atom. The van der Waals surface area contributed by atoms with E-state index in [9.17, 15) is 19.8 Å². The normalized spacial score (nSPS) is 15.4. The molecule has 0 saturated heterocycles. The lowest BCUT2D eigenvalue weighted by molar-refractivity contribution is -0.131. The van der Waals surface area contributed by atoms with Crippen LogP contribution in [0.15, 0.2) is 57.8 Å². The third-order valence-electron chi connectivity index (χ3n) is 5.68. The van der Waals surface area contributed by atoms with Crippen molar-refractivity contribution in [3.05, 3.63) is 81.2 Å². The highest BCUT2D eigenvalue weighted by Gasteiger charge is 2.26. The van der Waals surface area contributed by atoms with E-state index >= 15 is 0 Å². The molecule has 2 unspecified atom stereocenters. The van der Waals surface area contributed by atoms with Gasteiger partial charge in [0, 0.05) is 17.0 Å². The standard InChI is InChI=1S/C25H24O7/c26-20(14-31-16-11-8-15(9-12-16)10-13-22(27)28)24(29)19-6-3-7-21-23(19)17-4-1-2-5-18(17)25(30)32-21/h3,6-13,20,24,26,29H,1-2,4-5,14H2,(H,27,28)/b13-10+. The molecule has 1 aromatic heterocycles. The van der Waals surface area contributed by atoms with Crippen LogP contribution >= 0.6 is 0 Å². The van der Waals surface area contributed by atoms with Crippen LogP contribution in [-0.2, 0) is 17.6 Å². The fourth-order valence-corrected chi connectivity index (χ4v) is 4.09. The lowest BCUT2D eigenvalue weighted by Gasteiger charge is -2.23. The second-order valence-electron chi connectivity index (χ2n) is 7.84. The van der Waals surface area contributed by atoms with Crippen LogP contribution in [-0.4, -0.2) is 34.0 Å². The number of ether oxygens (including phenoxy) is 1. The van der Waals surface area contributed by atoms with Gasteiger partial charge in [-0.15, -0.1) is 0 Å². The Bertz CT molecular complexity index is 1210. The number of carboxylic acids is 1. The first-order valence-electron chi connectivity index (χ1n) is 10.5. The van der Waals surface area contributed by atoms with Crippen LogP contribution in [0.1, 0.15) is 41.2 Å². The van der Waals surface area contributed by atoms with Crippen molar-refractivity contribution >= 4 is 23.0 Å². The minimum atomic E-state index is -1.23. The average molecular weight is 436 g/mol. The van der Waals surface area contributed by atoms with Gasteiger partial charge in [0.2, 0.25) is 0 Å². The van der Waals surface area contributed by atoms with Crippen molar-refractivity contribution in [1.29, 1.82) is 0 Å². The monoisotopic (exact) mass is 436 g/mol. The van der Waals surface area contributed by atoms with Gasteiger partial charge >= 0.3 is 11.6 Å². The Morgan fingerprint density at radius 1 is 1.06 bits per heavy atom. The smallest absolute Gasteiger partial charge is 0.339 e. The fourth-order valence-electron chi connectivity index (χ4n) is 4.09. The summed E-state index contributed by atoms with van der Waals surface area (Å²) in [5, 5.41) is 30.9. The molecule has 0 amide bonds. The van der Waals surface area contributed by atoms with E-state index in [0.717, 1.165) is 30.9 Å². The molecule has 3 N–H and O–H groups in total. The van der Waals surface area contributed by atoms with Gasteiger partial charge in [-0.3, -0.25) is 0 Å². The van der Waals surface area contributed by atoms with E-state index < -0.39 is 18.2 Å². The molecule has 0 spiro atoms. The quantitative estimate of drug-likeness (QED) is 0.384. The number of fused-ring (bicyclic) bond motifs is 3. The van der Waals surface area contributed by atoms with Crippen LogP contribution < -0.4 is 10.4 Å². The highest BCUT2D eigenvalue weighted by atomic mass is 16.5. The van der Waals surface area contributed by atoms with Crippen molar-refractivity contribution < 1.29 is 29.3 Å². The molecular formula is C25H24O7. The first-order valence-corrected chi connectivity index (χ1v) is 10.5. The molecule has 32 heavy (non-hydrogen) atoms. The number of aryl methyl sites for hydroxylation is 1. The molecule has 1 heterocycles. The topological polar surface area (TPSA) is 117 Å². The first-order chi connectivity index (χ1) is 15.4. The van der Waals surface area contributed by atoms with Gasteiger partial charge in [0.05, 0.1) is 0 Å². The van der Waals surface area contributed by atoms with Crippen molar-refractivity contribution in [1.82, 2.24) is 0 Å². The van der Waals surface area contributed by atoms with E-state index in [-0.39, 0.29) is 12.2 Å². The molecule has 0 saturated carbocycles. The maximum atomic E-state index is 12.3. The summed E-state index contributed by atoms with van der Waals surface area (Å²) in [6.45, 7) is -0.152. The highest BCUT2D eigenvalue weighted by Crippen LogP contribution is 2.33. The number of rotatable bonds is 7. The van der Waals surface area contributed by atoms with Crippen molar-refractivity contribution in [2.45, 2.75) is 37.9 Å². The minimum absolute atomic E-state index is 0.152. The van der Waals surface area contributed by atoms with Gasteiger partial charge in [-0.1, -0.05) is 24.3 Å². The van der Waals surface area contributed by atoms with E-state index in [2.05, 4.69) is 0 Å². The number of hydrogen-bond donors (Lipinski definition) is 3. The molecule has 7 nitrogen and oxygen atoms in total. The third-order valence-corrected chi connectivity index (χ3v) is 5.68. The van der Waals surface area contributed by atoms with Gasteiger partial charge in [0.25, 0.3) is 0 Å². The summed E-state index contributed by atoms with van der Waals surface area (Å²) in [6, 6.07) is 11.8. The molecule has 1 aliphatic carbocycles. The van der Waals surface area contributed by atoms with Gasteiger partial charge in [0.15, 0.2) is 0 Å². The number of hydrogen-bond acceptors (Lipinski definition) is 6. The molecule has 7 heteroatoms. The molecule has 0 radical (unpaired) electrons. The predicted molar refractivity (Wildman–Crippen MR) is 119 cm³/mol. The van der Waals surface area contributed by atoms with Crippen molar-refractivity contribution in [2.75, 3.05) is 6.61 Å². The molecule has 0 aliphatic heterocycles. The Kier molecular flexibility index (Phi) is 6.39. The maximum absolute atomic E-state index is 12.3. The minimum Gasteiger partial charge on any atom is -0.491 e. The van der Waals surface area contributed by atoms with Crippen LogP contribution in [0.4, 0.5) is 0 Å². The number of aliphatic hydroxyl groups is 2. The largest absolute Gasteiger partial charge is 0.491 e. The van der Waals surface area contributed by atoms with Crippen molar-refractivity contribution in [3.63, 3.8) is 0 Å². The number of benzene rings is 2. The molecule has 3 aromatic rings. The predicted octanol–water partition coefficient (Wildman–Crippen LogP) is 3.24. The third kappa shape index (κ3) is 4.59. The fraction of sp³-hybridized carbons (Fsp3) is 0.280. The second kappa shape index (κ2) is 9.38. The van der Waals surface area contributed by atoms with Crippen LogP contribution in [0, 0.1) is 0 Å². The van der Waals surface area contributed by atoms with Crippen molar-refractivity contribution in [2.24, 2.45) is 0 Å². The molecule has 2 aromatic carbocycles. The SMILES string of the molecule is O=C(O)/C=C/c1ccc(OCC(O)C(O)c2cccc3oc(=O)c4c(c23)CCCC4)cc1. The number of aliphatic carboxylic acids is 1. The Labute approximate surface area is 184 Å². The lowest BCUT2D eigenvalue weighted by atomic mass is 9.87. The highest BCUT2D eigenvalue weighted by molar-refractivity contribution is 5.86. The molecule has 1 aliphatic rings. The van der Waals surface area contributed by atoms with E-state index in [1.807, 2.05) is 0 Å². The van der Waals surface area contributed by atoms with E-state index in [0.29, 0.717) is 39.8 Å². The van der Waals surface area contributed by atoms with Gasteiger partial charge in [-0.2, -0.15) is 0 Å². The maximum Gasteiger partial charge on any atom is 0.339 e. The number of carbonyl (C=O) groups is 1. The Balaban J connectivity index is 1.52. The zero-order valence-corrected chi connectivity index (χ0v) is 17.4. The summed E-state index contributed by atoms with van der Waals surface area (Å²) in [4.78, 5) is 22.9. The summed E-state index contributed by atoms with van der Waals surface area (Å²) >= 11 is 0. The summed E-state index contributed by atoms with van der Waals surface area (Å²) in [5.41, 5.74) is 2.84.